The molecule has 2 aliphatic rings. The molecule has 5 rings (SSSR count). The van der Waals surface area contributed by atoms with Crippen LogP contribution in [-0.4, -0.2) is 46.8 Å². The number of amides is 1. The fourth-order valence-electron chi connectivity index (χ4n) is 3.46. The third kappa shape index (κ3) is 6.28. The first-order chi connectivity index (χ1) is 18.0. The minimum Gasteiger partial charge on any atom is -0.490 e. The molecule has 0 aliphatic carbocycles. The summed E-state index contributed by atoms with van der Waals surface area (Å²) in [5, 5.41) is 15.3. The standard InChI is InChI=1S/C27H21BrN4O4S/c28-19-9-11-21(12-10-19)34-13-14-35-22-8-4-5-18(15-22)16-23-25(29)32-27(30-26(23)33)37-24(31-32)17-36-20-6-2-1-3-7-20/h1-12,15-16,29H,13-14,17H2/b23-16+,29-25?. The number of ether oxygens (including phenoxy) is 3. The first-order valence-corrected chi connectivity index (χ1v) is 12.9. The third-order valence-corrected chi connectivity index (χ3v) is 6.62. The summed E-state index contributed by atoms with van der Waals surface area (Å²) in [4.78, 5) is 16.9. The number of hydrogen-bond donors (Lipinski definition) is 1. The molecule has 3 aromatic carbocycles. The Balaban J connectivity index is 1.21. The predicted octanol–water partition coefficient (Wildman–Crippen LogP) is 5.61. The highest BCUT2D eigenvalue weighted by Gasteiger charge is 2.35. The van der Waals surface area contributed by atoms with Crippen molar-refractivity contribution in [3.63, 3.8) is 0 Å². The van der Waals surface area contributed by atoms with Gasteiger partial charge in [0.1, 0.15) is 42.1 Å². The van der Waals surface area contributed by atoms with Gasteiger partial charge in [0.25, 0.3) is 5.91 Å². The molecule has 2 aliphatic heterocycles. The number of thioether (sulfide) groups is 1. The molecule has 0 spiro atoms. The second-order valence-corrected chi connectivity index (χ2v) is 9.80. The van der Waals surface area contributed by atoms with Crippen molar-refractivity contribution in [2.75, 3.05) is 19.8 Å². The fraction of sp³-hybridized carbons (Fsp3) is 0.111. The summed E-state index contributed by atoms with van der Waals surface area (Å²) < 4.78 is 18.2. The Morgan fingerprint density at radius 1 is 0.892 bits per heavy atom. The van der Waals surface area contributed by atoms with E-state index in [0.717, 1.165) is 10.2 Å². The average molecular weight is 577 g/mol. The third-order valence-electron chi connectivity index (χ3n) is 5.21. The fourth-order valence-corrected chi connectivity index (χ4v) is 4.53. The molecule has 37 heavy (non-hydrogen) atoms. The van der Waals surface area contributed by atoms with Crippen LogP contribution in [0.25, 0.3) is 6.08 Å². The molecule has 0 unspecified atom stereocenters. The van der Waals surface area contributed by atoms with Crippen LogP contribution in [0.5, 0.6) is 17.2 Å². The molecule has 0 bridgehead atoms. The van der Waals surface area contributed by atoms with Crippen molar-refractivity contribution in [1.29, 1.82) is 5.41 Å². The summed E-state index contributed by atoms with van der Waals surface area (Å²) in [6, 6.07) is 24.2. The number of fused-ring (bicyclic) bond motifs is 1. The summed E-state index contributed by atoms with van der Waals surface area (Å²) in [5.74, 6) is 1.58. The van der Waals surface area contributed by atoms with Gasteiger partial charge in [-0.25, -0.2) is 0 Å². The van der Waals surface area contributed by atoms with Crippen LogP contribution in [0.15, 0.2) is 99.0 Å². The quantitative estimate of drug-likeness (QED) is 0.263. The van der Waals surface area contributed by atoms with Crippen LogP contribution in [0.2, 0.25) is 0 Å². The Labute approximate surface area is 226 Å². The van der Waals surface area contributed by atoms with Gasteiger partial charge in [0, 0.05) is 4.47 Å². The Morgan fingerprint density at radius 2 is 1.59 bits per heavy atom. The van der Waals surface area contributed by atoms with Crippen LogP contribution in [0.1, 0.15) is 5.56 Å². The highest BCUT2D eigenvalue weighted by molar-refractivity contribution is 9.10. The second-order valence-electron chi connectivity index (χ2n) is 7.84. The molecule has 186 valence electrons. The Morgan fingerprint density at radius 3 is 2.38 bits per heavy atom. The molecule has 0 aromatic heterocycles. The Kier molecular flexibility index (Phi) is 7.67. The maximum Gasteiger partial charge on any atom is 0.283 e. The number of aliphatic imine (C=N–C) groups is 1. The van der Waals surface area contributed by atoms with Gasteiger partial charge in [0.05, 0.1) is 5.57 Å². The zero-order valence-electron chi connectivity index (χ0n) is 19.5. The number of hydrazone groups is 1. The van der Waals surface area contributed by atoms with Crippen LogP contribution < -0.4 is 14.2 Å². The number of carbonyl (C=O) groups is 1. The van der Waals surface area contributed by atoms with Crippen molar-refractivity contribution in [2.45, 2.75) is 0 Å². The molecule has 0 radical (unpaired) electrons. The minimum atomic E-state index is -0.488. The van der Waals surface area contributed by atoms with Gasteiger partial charge in [0.15, 0.2) is 5.84 Å². The molecule has 0 saturated heterocycles. The Hall–Kier alpha value is -3.89. The minimum absolute atomic E-state index is 0.0357. The lowest BCUT2D eigenvalue weighted by Gasteiger charge is -2.20. The molecule has 10 heteroatoms. The van der Waals surface area contributed by atoms with E-state index in [1.54, 1.807) is 12.1 Å². The zero-order valence-corrected chi connectivity index (χ0v) is 21.9. The molecular weight excluding hydrogens is 556 g/mol. The van der Waals surface area contributed by atoms with E-state index < -0.39 is 5.91 Å². The van der Waals surface area contributed by atoms with E-state index in [1.807, 2.05) is 72.8 Å². The van der Waals surface area contributed by atoms with Gasteiger partial charge in [-0.15, -0.1) is 0 Å². The summed E-state index contributed by atoms with van der Waals surface area (Å²) in [7, 11) is 0. The lowest BCUT2D eigenvalue weighted by atomic mass is 10.1. The normalized spacial score (nSPS) is 15.8. The van der Waals surface area contributed by atoms with E-state index in [-0.39, 0.29) is 18.0 Å². The van der Waals surface area contributed by atoms with Gasteiger partial charge < -0.3 is 14.2 Å². The van der Waals surface area contributed by atoms with Crippen molar-refractivity contribution in [2.24, 2.45) is 10.1 Å². The maximum atomic E-state index is 12.7. The topological polar surface area (TPSA) is 96.6 Å². The zero-order chi connectivity index (χ0) is 25.6. The number of nitrogens with one attached hydrogen (secondary N) is 1. The van der Waals surface area contributed by atoms with E-state index in [9.17, 15) is 4.79 Å². The number of carbonyl (C=O) groups excluding carboxylic acids is 1. The van der Waals surface area contributed by atoms with Gasteiger partial charge in [0.2, 0.25) is 5.17 Å². The van der Waals surface area contributed by atoms with Crippen molar-refractivity contribution in [3.8, 4) is 17.2 Å². The van der Waals surface area contributed by atoms with Crippen LogP contribution in [0, 0.1) is 5.41 Å². The highest BCUT2D eigenvalue weighted by Crippen LogP contribution is 2.29. The number of para-hydroxylation sites is 1. The van der Waals surface area contributed by atoms with Crippen molar-refractivity contribution < 1.29 is 19.0 Å². The summed E-state index contributed by atoms with van der Waals surface area (Å²) in [5.41, 5.74) is 0.857. The van der Waals surface area contributed by atoms with Crippen molar-refractivity contribution in [3.05, 3.63) is 94.5 Å². The molecule has 2 heterocycles. The highest BCUT2D eigenvalue weighted by atomic mass is 79.9. The number of rotatable bonds is 9. The van der Waals surface area contributed by atoms with Crippen LogP contribution in [-0.2, 0) is 4.79 Å². The van der Waals surface area contributed by atoms with E-state index in [2.05, 4.69) is 26.0 Å². The molecule has 8 nitrogen and oxygen atoms in total. The number of halogens is 1. The number of amidine groups is 2. The average Bonchev–Trinajstić information content (AvgIpc) is 3.33. The number of nitrogens with zero attached hydrogens (tertiary/aromatic N) is 3. The van der Waals surface area contributed by atoms with Gasteiger partial charge in [-0.3, -0.25) is 10.2 Å². The molecule has 1 amide bonds. The predicted molar refractivity (Wildman–Crippen MR) is 149 cm³/mol. The second kappa shape index (κ2) is 11.4. The van der Waals surface area contributed by atoms with Crippen molar-refractivity contribution >= 4 is 55.7 Å². The number of benzene rings is 3. The van der Waals surface area contributed by atoms with Gasteiger partial charge in [-0.2, -0.15) is 15.1 Å². The van der Waals surface area contributed by atoms with Crippen LogP contribution >= 0.6 is 27.7 Å². The summed E-state index contributed by atoms with van der Waals surface area (Å²) >= 11 is 4.62. The monoisotopic (exact) mass is 576 g/mol. The molecule has 0 atom stereocenters. The first kappa shape index (κ1) is 24.8. The molecule has 0 saturated carbocycles. The lowest BCUT2D eigenvalue weighted by molar-refractivity contribution is -0.114. The van der Waals surface area contributed by atoms with E-state index in [4.69, 9.17) is 19.6 Å². The van der Waals surface area contributed by atoms with Crippen LogP contribution in [0.3, 0.4) is 0 Å². The molecule has 1 N–H and O–H groups in total. The summed E-state index contributed by atoms with van der Waals surface area (Å²) in [6.07, 6.45) is 1.62. The van der Waals surface area contributed by atoms with Gasteiger partial charge in [-0.05, 0) is 71.9 Å². The van der Waals surface area contributed by atoms with E-state index in [0.29, 0.717) is 40.5 Å². The molecular formula is C27H21BrN4O4S. The molecule has 0 fully saturated rings. The van der Waals surface area contributed by atoms with E-state index in [1.165, 1.54) is 16.8 Å². The van der Waals surface area contributed by atoms with Gasteiger partial charge in [-0.1, -0.05) is 46.3 Å². The Bertz CT molecular complexity index is 1410. The van der Waals surface area contributed by atoms with Crippen LogP contribution in [0.4, 0.5) is 0 Å². The largest absolute Gasteiger partial charge is 0.490 e. The maximum absolute atomic E-state index is 12.7. The van der Waals surface area contributed by atoms with Crippen molar-refractivity contribution in [1.82, 2.24) is 5.01 Å². The molecule has 3 aromatic rings. The van der Waals surface area contributed by atoms with E-state index >= 15 is 0 Å². The first-order valence-electron chi connectivity index (χ1n) is 11.3. The van der Waals surface area contributed by atoms with Gasteiger partial charge >= 0.3 is 0 Å². The number of hydrogen-bond acceptors (Lipinski definition) is 7. The SMILES string of the molecule is N=C1/C(=C\c2cccc(OCCOc3ccc(Br)cc3)c2)C(=O)N=C2SC(COc3ccccc3)=NN12. The smallest absolute Gasteiger partial charge is 0.283 e. The summed E-state index contributed by atoms with van der Waals surface area (Å²) in [6.45, 7) is 0.955. The lowest BCUT2D eigenvalue weighted by Crippen LogP contribution is -2.35.